The number of carbonyl (C=O) groups is 3. The predicted molar refractivity (Wildman–Crippen MR) is 78.8 cm³/mol. The molecule has 1 rings (SSSR count). The normalized spacial score (nSPS) is 11.3. The largest absolute Gasteiger partial charge is 0.493 e. The van der Waals surface area contributed by atoms with Crippen LogP contribution in [0.1, 0.15) is 16.8 Å². The van der Waals surface area contributed by atoms with Gasteiger partial charge < -0.3 is 30.4 Å². The number of carboxylic acid groups (broad SMARTS) is 1. The first-order chi connectivity index (χ1) is 10.8. The average Bonchev–Trinajstić information content (AvgIpc) is 2.51. The fourth-order valence-electron chi connectivity index (χ4n) is 1.86. The minimum Gasteiger partial charge on any atom is -0.493 e. The molecule has 0 radical (unpaired) electrons. The summed E-state index contributed by atoms with van der Waals surface area (Å²) in [4.78, 5) is 34.1. The molecule has 0 fully saturated rings. The molecule has 0 aliphatic heterocycles. The Hall–Kier alpha value is -2.97. The topological polar surface area (TPSA) is 137 Å². The van der Waals surface area contributed by atoms with E-state index in [0.717, 1.165) is 0 Å². The first kappa shape index (κ1) is 18.1. The van der Waals surface area contributed by atoms with Gasteiger partial charge >= 0.3 is 5.97 Å². The van der Waals surface area contributed by atoms with Gasteiger partial charge in [-0.2, -0.15) is 0 Å². The second-order valence-corrected chi connectivity index (χ2v) is 4.45. The zero-order chi connectivity index (χ0) is 17.6. The number of methoxy groups -OCH3 is 3. The van der Waals surface area contributed by atoms with Crippen LogP contribution in [0.4, 0.5) is 0 Å². The number of amides is 2. The number of rotatable bonds is 8. The number of ether oxygens (including phenoxy) is 3. The Morgan fingerprint density at radius 3 is 2.00 bits per heavy atom. The maximum Gasteiger partial charge on any atom is 0.326 e. The van der Waals surface area contributed by atoms with Crippen molar-refractivity contribution in [3.8, 4) is 17.2 Å². The summed E-state index contributed by atoms with van der Waals surface area (Å²) < 4.78 is 15.4. The molecule has 23 heavy (non-hydrogen) atoms. The molecule has 1 atom stereocenters. The molecule has 0 aromatic heterocycles. The molecule has 9 heteroatoms. The van der Waals surface area contributed by atoms with Crippen LogP contribution in [0.3, 0.4) is 0 Å². The Kier molecular flexibility index (Phi) is 6.19. The number of nitrogens with two attached hydrogens (primary N) is 1. The van der Waals surface area contributed by atoms with E-state index in [1.807, 2.05) is 0 Å². The highest BCUT2D eigenvalue weighted by Gasteiger charge is 2.24. The highest BCUT2D eigenvalue weighted by atomic mass is 16.5. The van der Waals surface area contributed by atoms with Crippen LogP contribution in [-0.2, 0) is 9.59 Å². The number of carboxylic acids is 1. The van der Waals surface area contributed by atoms with Crippen LogP contribution >= 0.6 is 0 Å². The van der Waals surface area contributed by atoms with E-state index in [4.69, 9.17) is 25.1 Å². The quantitative estimate of drug-likeness (QED) is 0.600. The lowest BCUT2D eigenvalue weighted by Crippen LogP contribution is -2.43. The van der Waals surface area contributed by atoms with Crippen molar-refractivity contribution in [3.05, 3.63) is 17.7 Å². The predicted octanol–water partition coefficient (Wildman–Crippen LogP) is -0.229. The average molecular weight is 326 g/mol. The van der Waals surface area contributed by atoms with Crippen LogP contribution in [0.15, 0.2) is 12.1 Å². The molecule has 126 valence electrons. The van der Waals surface area contributed by atoms with Crippen molar-refractivity contribution in [3.63, 3.8) is 0 Å². The summed E-state index contributed by atoms with van der Waals surface area (Å²) in [6.07, 6.45) is -0.522. The molecule has 1 unspecified atom stereocenters. The zero-order valence-electron chi connectivity index (χ0n) is 12.9. The van der Waals surface area contributed by atoms with Crippen molar-refractivity contribution in [2.75, 3.05) is 21.3 Å². The van der Waals surface area contributed by atoms with E-state index in [0.29, 0.717) is 5.75 Å². The van der Waals surface area contributed by atoms with E-state index in [1.54, 1.807) is 0 Å². The van der Waals surface area contributed by atoms with Crippen LogP contribution in [0.25, 0.3) is 0 Å². The van der Waals surface area contributed by atoms with Gasteiger partial charge in [-0.3, -0.25) is 9.59 Å². The Morgan fingerprint density at radius 1 is 1.13 bits per heavy atom. The molecule has 2 amide bonds. The third-order valence-corrected chi connectivity index (χ3v) is 2.94. The third kappa shape index (κ3) is 4.50. The molecule has 0 saturated heterocycles. The minimum absolute atomic E-state index is 0.0789. The van der Waals surface area contributed by atoms with Crippen molar-refractivity contribution < 1.29 is 33.7 Å². The number of hydrogen-bond acceptors (Lipinski definition) is 6. The lowest BCUT2D eigenvalue weighted by Gasteiger charge is -2.16. The van der Waals surface area contributed by atoms with E-state index in [2.05, 4.69) is 5.32 Å². The number of benzene rings is 1. The minimum atomic E-state index is -1.43. The summed E-state index contributed by atoms with van der Waals surface area (Å²) >= 11 is 0. The lowest BCUT2D eigenvalue weighted by molar-refractivity contribution is -0.140. The van der Waals surface area contributed by atoms with Gasteiger partial charge in [-0.1, -0.05) is 0 Å². The first-order valence-corrected chi connectivity index (χ1v) is 6.46. The highest BCUT2D eigenvalue weighted by molar-refractivity contribution is 5.98. The third-order valence-electron chi connectivity index (χ3n) is 2.94. The van der Waals surface area contributed by atoms with Gasteiger partial charge in [0.15, 0.2) is 11.5 Å². The summed E-state index contributed by atoms with van der Waals surface area (Å²) in [6.45, 7) is 0. The molecule has 1 aromatic carbocycles. The summed E-state index contributed by atoms with van der Waals surface area (Å²) in [5.74, 6) is -2.18. The van der Waals surface area contributed by atoms with Crippen LogP contribution < -0.4 is 25.3 Å². The summed E-state index contributed by atoms with van der Waals surface area (Å²) in [6, 6.07) is 1.29. The molecule has 0 spiro atoms. The molecule has 0 heterocycles. The number of nitrogens with one attached hydrogen (secondary N) is 1. The molecular weight excluding hydrogens is 308 g/mol. The second kappa shape index (κ2) is 7.87. The van der Waals surface area contributed by atoms with Crippen molar-refractivity contribution in [1.82, 2.24) is 5.32 Å². The molecule has 9 nitrogen and oxygen atoms in total. The monoisotopic (exact) mass is 326 g/mol. The van der Waals surface area contributed by atoms with E-state index in [-0.39, 0.29) is 17.1 Å². The van der Waals surface area contributed by atoms with Gasteiger partial charge in [-0.15, -0.1) is 0 Å². The highest BCUT2D eigenvalue weighted by Crippen LogP contribution is 2.38. The van der Waals surface area contributed by atoms with E-state index < -0.39 is 30.2 Å². The van der Waals surface area contributed by atoms with Crippen LogP contribution in [0.5, 0.6) is 17.2 Å². The lowest BCUT2D eigenvalue weighted by atomic mass is 10.1. The van der Waals surface area contributed by atoms with Gasteiger partial charge in [0.2, 0.25) is 11.7 Å². The van der Waals surface area contributed by atoms with Crippen molar-refractivity contribution >= 4 is 17.8 Å². The van der Waals surface area contributed by atoms with Crippen molar-refractivity contribution in [2.24, 2.45) is 5.73 Å². The van der Waals surface area contributed by atoms with Gasteiger partial charge in [-0.25, -0.2) is 4.79 Å². The van der Waals surface area contributed by atoms with Gasteiger partial charge in [0, 0.05) is 5.56 Å². The smallest absolute Gasteiger partial charge is 0.326 e. The van der Waals surface area contributed by atoms with Crippen molar-refractivity contribution in [1.29, 1.82) is 0 Å². The fourth-order valence-corrected chi connectivity index (χ4v) is 1.86. The van der Waals surface area contributed by atoms with Crippen LogP contribution in [0, 0.1) is 0 Å². The second-order valence-electron chi connectivity index (χ2n) is 4.45. The maximum atomic E-state index is 12.2. The summed E-state index contributed by atoms with van der Waals surface area (Å²) in [5.41, 5.74) is 5.04. The SMILES string of the molecule is COc1cc(C(=O)NC(CC(N)=O)C(=O)O)cc(OC)c1OC. The standard InChI is InChI=1S/C14H18N2O7/c1-21-9-4-7(5-10(22-2)12(9)23-3)13(18)16-8(14(19)20)6-11(15)17/h4-5,8H,6H2,1-3H3,(H2,15,17)(H,16,18)(H,19,20). The number of primary amides is 1. The van der Waals surface area contributed by atoms with E-state index in [9.17, 15) is 14.4 Å². The van der Waals surface area contributed by atoms with Crippen molar-refractivity contribution in [2.45, 2.75) is 12.5 Å². The van der Waals surface area contributed by atoms with Gasteiger partial charge in [0.1, 0.15) is 6.04 Å². The Labute approximate surface area is 132 Å². The summed E-state index contributed by atoms with van der Waals surface area (Å²) in [7, 11) is 4.17. The number of hydrogen-bond donors (Lipinski definition) is 3. The number of carbonyl (C=O) groups excluding carboxylic acids is 2. The molecule has 0 aliphatic carbocycles. The van der Waals surface area contributed by atoms with Gasteiger partial charge in [0.05, 0.1) is 27.8 Å². The fraction of sp³-hybridized carbons (Fsp3) is 0.357. The van der Waals surface area contributed by atoms with Gasteiger partial charge in [-0.05, 0) is 12.1 Å². The molecular formula is C14H18N2O7. The molecule has 0 bridgehead atoms. The van der Waals surface area contributed by atoms with E-state index in [1.165, 1.54) is 33.5 Å². The first-order valence-electron chi connectivity index (χ1n) is 6.46. The maximum absolute atomic E-state index is 12.2. The Balaban J connectivity index is 3.12. The van der Waals surface area contributed by atoms with E-state index >= 15 is 0 Å². The molecule has 0 aliphatic rings. The van der Waals surface area contributed by atoms with Crippen LogP contribution in [-0.4, -0.2) is 50.3 Å². The van der Waals surface area contributed by atoms with Crippen LogP contribution in [0.2, 0.25) is 0 Å². The van der Waals surface area contributed by atoms with Gasteiger partial charge in [0.25, 0.3) is 5.91 Å². The zero-order valence-corrected chi connectivity index (χ0v) is 12.9. The Bertz CT molecular complexity index is 590. The molecule has 1 aromatic rings. The molecule has 4 N–H and O–H groups in total. The number of aliphatic carboxylic acids is 1. The Morgan fingerprint density at radius 2 is 1.65 bits per heavy atom. The molecule has 0 saturated carbocycles. The summed E-state index contributed by atoms with van der Waals surface area (Å²) in [5, 5.41) is 11.2.